The van der Waals surface area contributed by atoms with Gasteiger partial charge >= 0.3 is 0 Å². The minimum atomic E-state index is 0.363. The van der Waals surface area contributed by atoms with Crippen molar-refractivity contribution >= 4 is 5.96 Å². The fourth-order valence-corrected chi connectivity index (χ4v) is 5.99. The summed E-state index contributed by atoms with van der Waals surface area (Å²) in [5, 5.41) is 3.72. The predicted molar refractivity (Wildman–Crippen MR) is 114 cm³/mol. The van der Waals surface area contributed by atoms with Crippen molar-refractivity contribution in [2.75, 3.05) is 46.9 Å². The van der Waals surface area contributed by atoms with Crippen molar-refractivity contribution in [2.24, 2.45) is 16.8 Å². The third-order valence-corrected chi connectivity index (χ3v) is 7.50. The van der Waals surface area contributed by atoms with E-state index in [0.717, 1.165) is 31.3 Å². The zero-order valence-corrected chi connectivity index (χ0v) is 17.7. The normalized spacial score (nSPS) is 32.6. The molecular weight excluding hydrogens is 364 g/mol. The maximum Gasteiger partial charge on any atom is 0.193 e. The lowest BCUT2D eigenvalue weighted by molar-refractivity contribution is 0.0766. The van der Waals surface area contributed by atoms with Gasteiger partial charge in [0.05, 0.1) is 25.4 Å². The highest BCUT2D eigenvalue weighted by Gasteiger charge is 2.53. The van der Waals surface area contributed by atoms with Crippen LogP contribution in [0.2, 0.25) is 0 Å². The molecule has 1 N–H and O–H groups in total. The maximum absolute atomic E-state index is 6.14. The highest BCUT2D eigenvalue weighted by Crippen LogP contribution is 2.47. The van der Waals surface area contributed by atoms with Gasteiger partial charge in [0.2, 0.25) is 0 Å². The molecule has 29 heavy (non-hydrogen) atoms. The number of ether oxygens (including phenoxy) is 2. The van der Waals surface area contributed by atoms with Crippen LogP contribution in [0.15, 0.2) is 29.3 Å². The van der Waals surface area contributed by atoms with Crippen molar-refractivity contribution in [3.05, 3.63) is 29.8 Å². The molecule has 5 atom stereocenters. The zero-order chi connectivity index (χ0) is 19.8. The molecule has 0 radical (unpaired) electrons. The molecule has 6 heteroatoms. The Labute approximate surface area is 174 Å². The number of benzene rings is 1. The van der Waals surface area contributed by atoms with E-state index in [1.54, 1.807) is 7.11 Å². The van der Waals surface area contributed by atoms with E-state index in [0.29, 0.717) is 30.1 Å². The summed E-state index contributed by atoms with van der Waals surface area (Å²) in [5.41, 5.74) is 1.35. The average molecular weight is 399 g/mol. The molecule has 0 aromatic heterocycles. The van der Waals surface area contributed by atoms with Crippen LogP contribution in [0.4, 0.5) is 0 Å². The van der Waals surface area contributed by atoms with E-state index in [9.17, 15) is 0 Å². The van der Waals surface area contributed by atoms with E-state index in [1.807, 2.05) is 7.05 Å². The van der Waals surface area contributed by atoms with Gasteiger partial charge in [0.25, 0.3) is 0 Å². The molecule has 4 heterocycles. The van der Waals surface area contributed by atoms with Crippen molar-refractivity contribution in [3.63, 3.8) is 0 Å². The molecule has 5 unspecified atom stereocenters. The zero-order valence-electron chi connectivity index (χ0n) is 17.7. The molecule has 0 saturated carbocycles. The topological polar surface area (TPSA) is 49.3 Å². The van der Waals surface area contributed by atoms with Gasteiger partial charge in [-0.1, -0.05) is 12.1 Å². The Balaban J connectivity index is 1.26. The number of hydrogen-bond donors (Lipinski definition) is 1. The quantitative estimate of drug-likeness (QED) is 0.610. The van der Waals surface area contributed by atoms with Crippen LogP contribution in [0, 0.1) is 11.8 Å². The number of guanidine groups is 1. The summed E-state index contributed by atoms with van der Waals surface area (Å²) in [6.45, 7) is 5.40. The Morgan fingerprint density at radius 2 is 1.79 bits per heavy atom. The van der Waals surface area contributed by atoms with E-state index < -0.39 is 0 Å². The molecule has 0 aliphatic carbocycles. The predicted octanol–water partition coefficient (Wildman–Crippen LogP) is 2.52. The molecule has 6 nitrogen and oxygen atoms in total. The van der Waals surface area contributed by atoms with E-state index >= 15 is 0 Å². The lowest BCUT2D eigenvalue weighted by Crippen LogP contribution is -2.45. The van der Waals surface area contributed by atoms with Crippen LogP contribution in [0.25, 0.3) is 0 Å². The van der Waals surface area contributed by atoms with Gasteiger partial charge in [-0.2, -0.15) is 0 Å². The van der Waals surface area contributed by atoms with Crippen LogP contribution in [-0.4, -0.2) is 74.8 Å². The highest BCUT2D eigenvalue weighted by molar-refractivity contribution is 5.80. The lowest BCUT2D eigenvalue weighted by Gasteiger charge is -2.31. The Morgan fingerprint density at radius 1 is 1.14 bits per heavy atom. The standard InChI is InChI=1S/C23H34N4O2/c1-24-23(27-14-18-19(15-27)22-10-9-21(18)29-22)25-13-20(26-11-3-4-12-26)16-5-7-17(28-2)8-6-16/h5-8,18-22H,3-4,9-15H2,1-2H3,(H,24,25). The molecule has 0 amide bonds. The van der Waals surface area contributed by atoms with Crippen molar-refractivity contribution in [3.8, 4) is 5.75 Å². The first-order valence-corrected chi connectivity index (χ1v) is 11.3. The van der Waals surface area contributed by atoms with Crippen LogP contribution >= 0.6 is 0 Å². The second-order valence-corrected chi connectivity index (χ2v) is 8.98. The Hall–Kier alpha value is -1.79. The fraction of sp³-hybridized carbons (Fsp3) is 0.696. The van der Waals surface area contributed by atoms with Crippen LogP contribution in [0.5, 0.6) is 5.75 Å². The number of likely N-dealkylation sites (tertiary alicyclic amines) is 2. The van der Waals surface area contributed by atoms with Gasteiger partial charge < -0.3 is 19.7 Å². The molecule has 4 fully saturated rings. The lowest BCUT2D eigenvalue weighted by atomic mass is 9.82. The molecule has 0 spiro atoms. The number of nitrogens with zero attached hydrogens (tertiary/aromatic N) is 3. The van der Waals surface area contributed by atoms with Crippen LogP contribution in [-0.2, 0) is 4.74 Å². The summed E-state index contributed by atoms with van der Waals surface area (Å²) in [5.74, 6) is 3.36. The third-order valence-electron chi connectivity index (χ3n) is 7.50. The summed E-state index contributed by atoms with van der Waals surface area (Å²) < 4.78 is 11.5. The van der Waals surface area contributed by atoms with Crippen molar-refractivity contribution < 1.29 is 9.47 Å². The Morgan fingerprint density at radius 3 is 2.38 bits per heavy atom. The van der Waals surface area contributed by atoms with Crippen LogP contribution < -0.4 is 10.1 Å². The van der Waals surface area contributed by atoms with Crippen LogP contribution in [0.1, 0.15) is 37.3 Å². The molecule has 1 aromatic rings. The van der Waals surface area contributed by atoms with Crippen molar-refractivity contribution in [1.82, 2.24) is 15.1 Å². The summed E-state index contributed by atoms with van der Waals surface area (Å²) in [6, 6.07) is 8.93. The van der Waals surface area contributed by atoms with E-state index in [-0.39, 0.29) is 0 Å². The highest BCUT2D eigenvalue weighted by atomic mass is 16.5. The van der Waals surface area contributed by atoms with Gasteiger partial charge in [-0.25, -0.2) is 0 Å². The number of methoxy groups -OCH3 is 1. The van der Waals surface area contributed by atoms with Gasteiger partial charge in [-0.15, -0.1) is 0 Å². The van der Waals surface area contributed by atoms with Crippen LogP contribution in [0.3, 0.4) is 0 Å². The number of aliphatic imine (C=N–C) groups is 1. The summed E-state index contributed by atoms with van der Waals surface area (Å²) in [7, 11) is 3.64. The van der Waals surface area contributed by atoms with Gasteiger partial charge in [0.15, 0.2) is 5.96 Å². The third kappa shape index (κ3) is 3.61. The molecule has 4 saturated heterocycles. The van der Waals surface area contributed by atoms with E-state index in [2.05, 4.69) is 44.4 Å². The molecule has 5 rings (SSSR count). The van der Waals surface area contributed by atoms with E-state index in [4.69, 9.17) is 9.47 Å². The first-order chi connectivity index (χ1) is 14.3. The van der Waals surface area contributed by atoms with Crippen molar-refractivity contribution in [1.29, 1.82) is 0 Å². The smallest absolute Gasteiger partial charge is 0.193 e. The van der Waals surface area contributed by atoms with Gasteiger partial charge in [0, 0.05) is 38.5 Å². The molecule has 2 bridgehead atoms. The molecule has 4 aliphatic rings. The molecule has 158 valence electrons. The van der Waals surface area contributed by atoms with Gasteiger partial charge in [-0.3, -0.25) is 9.89 Å². The second-order valence-electron chi connectivity index (χ2n) is 8.98. The molecular formula is C23H34N4O2. The average Bonchev–Trinajstić information content (AvgIpc) is 3.54. The summed E-state index contributed by atoms with van der Waals surface area (Å²) in [6.07, 6.45) is 6.06. The molecule has 1 aromatic carbocycles. The number of fused-ring (bicyclic) bond motifs is 5. The minimum absolute atomic E-state index is 0.363. The summed E-state index contributed by atoms with van der Waals surface area (Å²) >= 11 is 0. The SMILES string of the molecule is CN=C(NCC(c1ccc(OC)cc1)N1CCCC1)N1CC2C3CCC(O3)C2C1. The number of nitrogens with one attached hydrogen (secondary N) is 1. The monoisotopic (exact) mass is 398 g/mol. The second kappa shape index (κ2) is 8.15. The largest absolute Gasteiger partial charge is 0.497 e. The first kappa shape index (κ1) is 19.2. The number of rotatable bonds is 5. The van der Waals surface area contributed by atoms with Gasteiger partial charge in [0.1, 0.15) is 5.75 Å². The first-order valence-electron chi connectivity index (χ1n) is 11.3. The fourth-order valence-electron chi connectivity index (χ4n) is 5.99. The van der Waals surface area contributed by atoms with E-state index in [1.165, 1.54) is 44.3 Å². The maximum atomic E-state index is 6.14. The molecule has 4 aliphatic heterocycles. The summed E-state index contributed by atoms with van der Waals surface area (Å²) in [4.78, 5) is 9.72. The Kier molecular flexibility index (Phi) is 5.39. The van der Waals surface area contributed by atoms with Crippen molar-refractivity contribution in [2.45, 2.75) is 43.9 Å². The van der Waals surface area contributed by atoms with Gasteiger partial charge in [-0.05, 0) is 56.5 Å². The minimum Gasteiger partial charge on any atom is -0.497 e. The number of hydrogen-bond acceptors (Lipinski definition) is 4. The Bertz CT molecular complexity index is 713.